The smallest absolute Gasteiger partial charge is 0.104 e. The fraction of sp³-hybridized carbons (Fsp3) is 0.294. The van der Waals surface area contributed by atoms with Crippen molar-refractivity contribution in [3.8, 4) is 0 Å². The molecule has 0 bridgehead atoms. The Hall–Kier alpha value is -1.12. The van der Waals surface area contributed by atoms with Crippen molar-refractivity contribution in [2.75, 3.05) is 0 Å². The summed E-state index contributed by atoms with van der Waals surface area (Å²) in [7, 11) is 0. The second kappa shape index (κ2) is 6.36. The third kappa shape index (κ3) is 3.46. The normalized spacial score (nSPS) is 12.4. The SMILES string of the molecule is CCCc1ccc(C(O)c2ccc(Br)cc2C)cc1. The topological polar surface area (TPSA) is 20.2 Å². The van der Waals surface area contributed by atoms with E-state index in [1.54, 1.807) is 0 Å². The Labute approximate surface area is 123 Å². The first-order valence-corrected chi connectivity index (χ1v) is 7.44. The Morgan fingerprint density at radius 3 is 2.37 bits per heavy atom. The number of aliphatic hydroxyl groups excluding tert-OH is 1. The zero-order chi connectivity index (χ0) is 13.8. The molecule has 1 unspecified atom stereocenters. The molecule has 2 aromatic carbocycles. The predicted octanol–water partition coefficient (Wildman–Crippen LogP) is 4.79. The Balaban J connectivity index is 2.25. The van der Waals surface area contributed by atoms with Gasteiger partial charge in [0, 0.05) is 4.47 Å². The van der Waals surface area contributed by atoms with Gasteiger partial charge < -0.3 is 5.11 Å². The van der Waals surface area contributed by atoms with E-state index in [4.69, 9.17) is 0 Å². The molecular formula is C17H19BrO. The van der Waals surface area contributed by atoms with Gasteiger partial charge in [0.05, 0.1) is 0 Å². The van der Waals surface area contributed by atoms with Crippen molar-refractivity contribution in [2.45, 2.75) is 32.8 Å². The molecule has 0 saturated carbocycles. The number of rotatable bonds is 4. The Morgan fingerprint density at radius 1 is 1.11 bits per heavy atom. The van der Waals surface area contributed by atoms with E-state index >= 15 is 0 Å². The maximum absolute atomic E-state index is 10.5. The molecule has 0 fully saturated rings. The molecule has 0 saturated heterocycles. The quantitative estimate of drug-likeness (QED) is 0.859. The van der Waals surface area contributed by atoms with Crippen LogP contribution in [0.15, 0.2) is 46.9 Å². The lowest BCUT2D eigenvalue weighted by atomic mass is 9.96. The van der Waals surface area contributed by atoms with Crippen LogP contribution >= 0.6 is 15.9 Å². The van der Waals surface area contributed by atoms with E-state index in [0.717, 1.165) is 34.0 Å². The van der Waals surface area contributed by atoms with E-state index in [0.29, 0.717) is 0 Å². The van der Waals surface area contributed by atoms with Crippen molar-refractivity contribution < 1.29 is 5.11 Å². The van der Waals surface area contributed by atoms with Crippen molar-refractivity contribution in [3.05, 3.63) is 69.2 Å². The lowest BCUT2D eigenvalue weighted by Gasteiger charge is -2.15. The number of halogens is 1. The van der Waals surface area contributed by atoms with E-state index in [9.17, 15) is 5.11 Å². The van der Waals surface area contributed by atoms with Gasteiger partial charge in [-0.15, -0.1) is 0 Å². The van der Waals surface area contributed by atoms with Crippen molar-refractivity contribution in [1.29, 1.82) is 0 Å². The highest BCUT2D eigenvalue weighted by Gasteiger charge is 2.12. The van der Waals surface area contributed by atoms with Gasteiger partial charge in [0.2, 0.25) is 0 Å². The van der Waals surface area contributed by atoms with Gasteiger partial charge in [-0.1, -0.05) is 59.6 Å². The van der Waals surface area contributed by atoms with Crippen LogP contribution in [0, 0.1) is 6.92 Å². The molecule has 19 heavy (non-hydrogen) atoms. The highest BCUT2D eigenvalue weighted by Crippen LogP contribution is 2.27. The summed E-state index contributed by atoms with van der Waals surface area (Å²) >= 11 is 3.45. The summed E-state index contributed by atoms with van der Waals surface area (Å²) < 4.78 is 1.04. The zero-order valence-electron chi connectivity index (χ0n) is 11.4. The van der Waals surface area contributed by atoms with E-state index in [1.165, 1.54) is 5.56 Å². The summed E-state index contributed by atoms with van der Waals surface area (Å²) in [6, 6.07) is 14.2. The number of aryl methyl sites for hydroxylation is 2. The third-order valence-electron chi connectivity index (χ3n) is 3.36. The molecule has 0 aromatic heterocycles. The third-order valence-corrected chi connectivity index (χ3v) is 3.85. The van der Waals surface area contributed by atoms with Crippen LogP contribution in [0.4, 0.5) is 0 Å². The molecule has 0 aliphatic carbocycles. The van der Waals surface area contributed by atoms with Gasteiger partial charge in [-0.25, -0.2) is 0 Å². The number of aliphatic hydroxyl groups is 1. The lowest BCUT2D eigenvalue weighted by molar-refractivity contribution is 0.219. The molecule has 2 heteroatoms. The molecule has 100 valence electrons. The average molecular weight is 319 g/mol. The van der Waals surface area contributed by atoms with Crippen LogP contribution in [0.25, 0.3) is 0 Å². The second-order valence-corrected chi connectivity index (χ2v) is 5.81. The largest absolute Gasteiger partial charge is 0.384 e. The van der Waals surface area contributed by atoms with Crippen LogP contribution in [-0.4, -0.2) is 5.11 Å². The van der Waals surface area contributed by atoms with E-state index < -0.39 is 6.10 Å². The van der Waals surface area contributed by atoms with Gasteiger partial charge in [0.15, 0.2) is 0 Å². The summed E-state index contributed by atoms with van der Waals surface area (Å²) in [6.07, 6.45) is 1.69. The highest BCUT2D eigenvalue weighted by molar-refractivity contribution is 9.10. The van der Waals surface area contributed by atoms with Gasteiger partial charge in [-0.3, -0.25) is 0 Å². The molecule has 0 aliphatic heterocycles. The average Bonchev–Trinajstić information content (AvgIpc) is 2.39. The van der Waals surface area contributed by atoms with E-state index in [2.05, 4.69) is 35.0 Å². The van der Waals surface area contributed by atoms with Crippen molar-refractivity contribution >= 4 is 15.9 Å². The second-order valence-electron chi connectivity index (χ2n) is 4.90. The highest BCUT2D eigenvalue weighted by atomic mass is 79.9. The summed E-state index contributed by atoms with van der Waals surface area (Å²) in [5, 5.41) is 10.5. The molecule has 2 aromatic rings. The minimum atomic E-state index is -0.552. The maximum Gasteiger partial charge on any atom is 0.104 e. The van der Waals surface area contributed by atoms with Crippen LogP contribution in [0.5, 0.6) is 0 Å². The molecular weight excluding hydrogens is 300 g/mol. The Kier molecular flexibility index (Phi) is 4.78. The number of hydrogen-bond acceptors (Lipinski definition) is 1. The maximum atomic E-state index is 10.5. The van der Waals surface area contributed by atoms with E-state index in [-0.39, 0.29) is 0 Å². The van der Waals surface area contributed by atoms with Crippen molar-refractivity contribution in [3.63, 3.8) is 0 Å². The molecule has 1 N–H and O–H groups in total. The molecule has 0 spiro atoms. The molecule has 1 nitrogen and oxygen atoms in total. The molecule has 1 atom stereocenters. The Bertz CT molecular complexity index is 546. The first kappa shape index (κ1) is 14.3. The zero-order valence-corrected chi connectivity index (χ0v) is 12.9. The van der Waals surface area contributed by atoms with Crippen LogP contribution in [0.1, 0.15) is 41.7 Å². The predicted molar refractivity (Wildman–Crippen MR) is 83.4 cm³/mol. The summed E-state index contributed by atoms with van der Waals surface area (Å²) in [6.45, 7) is 4.20. The van der Waals surface area contributed by atoms with Crippen LogP contribution in [-0.2, 0) is 6.42 Å². The molecule has 2 rings (SSSR count). The van der Waals surface area contributed by atoms with Gasteiger partial charge in [-0.2, -0.15) is 0 Å². The van der Waals surface area contributed by atoms with Crippen LogP contribution in [0.2, 0.25) is 0 Å². The Morgan fingerprint density at radius 2 is 1.79 bits per heavy atom. The van der Waals surface area contributed by atoms with Crippen molar-refractivity contribution in [2.24, 2.45) is 0 Å². The van der Waals surface area contributed by atoms with Gasteiger partial charge in [0.1, 0.15) is 6.10 Å². The van der Waals surface area contributed by atoms with Crippen LogP contribution < -0.4 is 0 Å². The van der Waals surface area contributed by atoms with Gasteiger partial charge in [0.25, 0.3) is 0 Å². The number of hydrogen-bond donors (Lipinski definition) is 1. The summed E-state index contributed by atoms with van der Waals surface area (Å²) in [5.41, 5.74) is 4.34. The van der Waals surface area contributed by atoms with Crippen molar-refractivity contribution in [1.82, 2.24) is 0 Å². The fourth-order valence-electron chi connectivity index (χ4n) is 2.28. The summed E-state index contributed by atoms with van der Waals surface area (Å²) in [5.74, 6) is 0. The van der Waals surface area contributed by atoms with Crippen LogP contribution in [0.3, 0.4) is 0 Å². The van der Waals surface area contributed by atoms with E-state index in [1.807, 2.05) is 37.3 Å². The fourth-order valence-corrected chi connectivity index (χ4v) is 2.76. The molecule has 0 radical (unpaired) electrons. The monoisotopic (exact) mass is 318 g/mol. The molecule has 0 heterocycles. The van der Waals surface area contributed by atoms with Gasteiger partial charge in [-0.05, 0) is 47.7 Å². The minimum absolute atomic E-state index is 0.552. The van der Waals surface area contributed by atoms with Gasteiger partial charge >= 0.3 is 0 Å². The molecule has 0 aliphatic rings. The first-order valence-electron chi connectivity index (χ1n) is 6.64. The summed E-state index contributed by atoms with van der Waals surface area (Å²) in [4.78, 5) is 0. The standard InChI is InChI=1S/C17H19BrO/c1-3-4-13-5-7-14(8-6-13)17(19)16-10-9-15(18)11-12(16)2/h5-11,17,19H,3-4H2,1-2H3. The molecule has 0 amide bonds. The first-order chi connectivity index (χ1) is 9.11. The minimum Gasteiger partial charge on any atom is -0.384 e. The number of benzene rings is 2. The lowest BCUT2D eigenvalue weighted by Crippen LogP contribution is -2.02.